The minimum atomic E-state index is 0.409. The summed E-state index contributed by atoms with van der Waals surface area (Å²) in [4.78, 5) is 8.61. The van der Waals surface area contributed by atoms with Crippen molar-refractivity contribution in [3.05, 3.63) is 17.0 Å². The quantitative estimate of drug-likeness (QED) is 0.809. The summed E-state index contributed by atoms with van der Waals surface area (Å²) in [6, 6.07) is 1.78. The lowest BCUT2D eigenvalue weighted by Crippen LogP contribution is -2.21. The lowest BCUT2D eigenvalue weighted by molar-refractivity contribution is 0.128. The lowest BCUT2D eigenvalue weighted by atomic mass is 9.82. The minimum absolute atomic E-state index is 0.409. The van der Waals surface area contributed by atoms with Crippen LogP contribution in [0.15, 0.2) is 6.07 Å². The summed E-state index contributed by atoms with van der Waals surface area (Å²) in [5.41, 5.74) is 0. The van der Waals surface area contributed by atoms with Crippen molar-refractivity contribution < 1.29 is 4.74 Å². The molecule has 2 rings (SSSR count). The fourth-order valence-corrected chi connectivity index (χ4v) is 3.01. The summed E-state index contributed by atoms with van der Waals surface area (Å²) in [7, 11) is 0. The standard InChI is InChI=1S/C15H24ClN3O/c1-3-20-10-15-18-13(16)8-14(19-15)17-9-12-6-4-5-11(2)7-12/h8,11-12H,3-7,9-10H2,1-2H3,(H,17,18,19). The zero-order valence-electron chi connectivity index (χ0n) is 12.4. The van der Waals surface area contributed by atoms with Crippen molar-refractivity contribution in [3.63, 3.8) is 0 Å². The Morgan fingerprint density at radius 3 is 3.00 bits per heavy atom. The molecule has 1 aromatic rings. The van der Waals surface area contributed by atoms with Crippen molar-refractivity contribution in [1.29, 1.82) is 0 Å². The molecule has 2 unspecified atom stereocenters. The number of hydrogen-bond donors (Lipinski definition) is 1. The number of halogens is 1. The van der Waals surface area contributed by atoms with Crippen LogP contribution in [-0.2, 0) is 11.3 Å². The van der Waals surface area contributed by atoms with E-state index in [4.69, 9.17) is 16.3 Å². The molecule has 0 saturated heterocycles. The normalized spacial score (nSPS) is 22.8. The highest BCUT2D eigenvalue weighted by atomic mass is 35.5. The maximum Gasteiger partial charge on any atom is 0.158 e. The van der Waals surface area contributed by atoms with Gasteiger partial charge in [-0.25, -0.2) is 9.97 Å². The largest absolute Gasteiger partial charge is 0.374 e. The number of hydrogen-bond acceptors (Lipinski definition) is 4. The number of nitrogens with zero attached hydrogens (tertiary/aromatic N) is 2. The van der Waals surface area contributed by atoms with E-state index in [0.29, 0.717) is 24.2 Å². The topological polar surface area (TPSA) is 47.0 Å². The van der Waals surface area contributed by atoms with Gasteiger partial charge in [-0.2, -0.15) is 0 Å². The Kier molecular flexibility index (Phi) is 6.05. The fourth-order valence-electron chi connectivity index (χ4n) is 2.81. The number of anilines is 1. The van der Waals surface area contributed by atoms with E-state index in [1.54, 1.807) is 6.07 Å². The van der Waals surface area contributed by atoms with Gasteiger partial charge >= 0.3 is 0 Å². The van der Waals surface area contributed by atoms with Crippen LogP contribution in [0.3, 0.4) is 0 Å². The summed E-state index contributed by atoms with van der Waals surface area (Å²) in [5, 5.41) is 3.87. The predicted octanol–water partition coefficient (Wildman–Crippen LogP) is 3.90. The maximum atomic E-state index is 6.03. The fraction of sp³-hybridized carbons (Fsp3) is 0.733. The third kappa shape index (κ3) is 4.91. The van der Waals surface area contributed by atoms with Crippen LogP contribution < -0.4 is 5.32 Å². The number of rotatable bonds is 6. The van der Waals surface area contributed by atoms with E-state index in [2.05, 4.69) is 22.2 Å². The summed E-state index contributed by atoms with van der Waals surface area (Å²) < 4.78 is 5.33. The lowest BCUT2D eigenvalue weighted by Gasteiger charge is -2.27. The van der Waals surface area contributed by atoms with Crippen molar-refractivity contribution in [2.45, 2.75) is 46.1 Å². The molecule has 0 spiro atoms. The summed E-state index contributed by atoms with van der Waals surface area (Å²) in [6.07, 6.45) is 5.32. The molecule has 1 saturated carbocycles. The molecule has 0 aromatic carbocycles. The molecule has 20 heavy (non-hydrogen) atoms. The highest BCUT2D eigenvalue weighted by Crippen LogP contribution is 2.28. The van der Waals surface area contributed by atoms with E-state index in [0.717, 1.165) is 24.2 Å². The Bertz CT molecular complexity index is 428. The molecule has 1 aliphatic rings. The van der Waals surface area contributed by atoms with E-state index in [9.17, 15) is 0 Å². The number of ether oxygens (including phenoxy) is 1. The van der Waals surface area contributed by atoms with Gasteiger partial charge in [0.2, 0.25) is 0 Å². The van der Waals surface area contributed by atoms with Crippen LogP contribution in [0.1, 0.15) is 45.4 Å². The molecule has 0 aliphatic heterocycles. The molecule has 0 amide bonds. The smallest absolute Gasteiger partial charge is 0.158 e. The van der Waals surface area contributed by atoms with Crippen molar-refractivity contribution >= 4 is 17.4 Å². The van der Waals surface area contributed by atoms with Gasteiger partial charge in [0.25, 0.3) is 0 Å². The minimum Gasteiger partial charge on any atom is -0.374 e. The Morgan fingerprint density at radius 1 is 1.40 bits per heavy atom. The van der Waals surface area contributed by atoms with Gasteiger partial charge < -0.3 is 10.1 Å². The van der Waals surface area contributed by atoms with Gasteiger partial charge in [0.1, 0.15) is 17.6 Å². The molecule has 5 heteroatoms. The molecule has 0 radical (unpaired) electrons. The summed E-state index contributed by atoms with van der Waals surface area (Å²) in [5.74, 6) is 3.03. The Labute approximate surface area is 126 Å². The second kappa shape index (κ2) is 7.79. The number of aromatic nitrogens is 2. The van der Waals surface area contributed by atoms with Crippen molar-refractivity contribution in [2.24, 2.45) is 11.8 Å². The van der Waals surface area contributed by atoms with Crippen LogP contribution in [0, 0.1) is 11.8 Å². The molecule has 1 aromatic heterocycles. The van der Waals surface area contributed by atoms with Crippen molar-refractivity contribution in [1.82, 2.24) is 9.97 Å². The monoisotopic (exact) mass is 297 g/mol. The highest BCUT2D eigenvalue weighted by Gasteiger charge is 2.18. The Hall–Kier alpha value is -0.870. The average Bonchev–Trinajstić information content (AvgIpc) is 2.42. The van der Waals surface area contributed by atoms with Crippen molar-refractivity contribution in [2.75, 3.05) is 18.5 Å². The van der Waals surface area contributed by atoms with Crippen molar-refractivity contribution in [3.8, 4) is 0 Å². The first-order valence-electron chi connectivity index (χ1n) is 7.52. The van der Waals surface area contributed by atoms with Crippen LogP contribution >= 0.6 is 11.6 Å². The first-order valence-corrected chi connectivity index (χ1v) is 7.90. The summed E-state index contributed by atoms with van der Waals surface area (Å²) in [6.45, 7) is 6.32. The van der Waals surface area contributed by atoms with E-state index < -0.39 is 0 Å². The van der Waals surface area contributed by atoms with E-state index >= 15 is 0 Å². The molecule has 4 nitrogen and oxygen atoms in total. The molecule has 1 fully saturated rings. The molecule has 0 bridgehead atoms. The average molecular weight is 298 g/mol. The molecular formula is C15H24ClN3O. The van der Waals surface area contributed by atoms with Gasteiger partial charge in [-0.05, 0) is 31.6 Å². The first-order chi connectivity index (χ1) is 9.67. The predicted molar refractivity (Wildman–Crippen MR) is 82.0 cm³/mol. The zero-order valence-corrected chi connectivity index (χ0v) is 13.1. The molecule has 1 N–H and O–H groups in total. The highest BCUT2D eigenvalue weighted by molar-refractivity contribution is 6.29. The van der Waals surface area contributed by atoms with Gasteiger partial charge in [-0.1, -0.05) is 31.4 Å². The van der Waals surface area contributed by atoms with Crippen LogP contribution in [0.25, 0.3) is 0 Å². The molecule has 112 valence electrons. The van der Waals surface area contributed by atoms with Gasteiger partial charge in [0.05, 0.1) is 0 Å². The van der Waals surface area contributed by atoms with Gasteiger partial charge in [-0.15, -0.1) is 0 Å². The van der Waals surface area contributed by atoms with Gasteiger partial charge in [0.15, 0.2) is 5.82 Å². The van der Waals surface area contributed by atoms with Crippen LogP contribution in [-0.4, -0.2) is 23.1 Å². The van der Waals surface area contributed by atoms with E-state index in [1.165, 1.54) is 25.7 Å². The van der Waals surface area contributed by atoms with Crippen LogP contribution in [0.5, 0.6) is 0 Å². The SMILES string of the molecule is CCOCc1nc(Cl)cc(NCC2CCCC(C)C2)n1. The van der Waals surface area contributed by atoms with Crippen LogP contribution in [0.4, 0.5) is 5.82 Å². The molecule has 1 heterocycles. The third-order valence-electron chi connectivity index (χ3n) is 3.79. The van der Waals surface area contributed by atoms with Gasteiger partial charge in [-0.3, -0.25) is 0 Å². The van der Waals surface area contributed by atoms with Gasteiger partial charge in [0, 0.05) is 19.2 Å². The zero-order chi connectivity index (χ0) is 14.4. The Balaban J connectivity index is 1.89. The second-order valence-corrected chi connectivity index (χ2v) is 6.04. The number of nitrogens with one attached hydrogen (secondary N) is 1. The molecule has 1 aliphatic carbocycles. The Morgan fingerprint density at radius 2 is 2.25 bits per heavy atom. The summed E-state index contributed by atoms with van der Waals surface area (Å²) >= 11 is 6.03. The van der Waals surface area contributed by atoms with E-state index in [-0.39, 0.29) is 0 Å². The second-order valence-electron chi connectivity index (χ2n) is 5.65. The first kappa shape index (κ1) is 15.5. The maximum absolute atomic E-state index is 6.03. The molecule has 2 atom stereocenters. The third-order valence-corrected chi connectivity index (χ3v) is 3.99. The van der Waals surface area contributed by atoms with E-state index in [1.807, 2.05) is 6.92 Å². The van der Waals surface area contributed by atoms with Crippen LogP contribution in [0.2, 0.25) is 5.15 Å². The molecular weight excluding hydrogens is 274 g/mol.